The molecule has 1 aromatic rings. The Morgan fingerprint density at radius 2 is 1.86 bits per heavy atom. The van der Waals surface area contributed by atoms with Gasteiger partial charge in [0.1, 0.15) is 5.82 Å². The van der Waals surface area contributed by atoms with E-state index >= 15 is 0 Å². The van der Waals surface area contributed by atoms with Crippen LogP contribution in [0.25, 0.3) is 6.08 Å². The first-order valence-electron chi connectivity index (χ1n) is 6.83. The first-order chi connectivity index (χ1) is 9.62. The highest BCUT2D eigenvalue weighted by Gasteiger charge is 2.50. The maximum absolute atomic E-state index is 13.2. The Morgan fingerprint density at radius 3 is 2.38 bits per heavy atom. The number of rotatable bonds is 3. The Kier molecular flexibility index (Phi) is 4.04. The normalized spacial score (nSPS) is 20.2. The number of carbonyl (C=O) groups excluding carboxylic acids is 1. The average molecular weight is 291 g/mol. The van der Waals surface area contributed by atoms with Gasteiger partial charge in [-0.1, -0.05) is 5.98 Å². The Hall–Kier alpha value is -1.53. The molecule has 0 spiro atoms. The number of hydrogen-bond acceptors (Lipinski definition) is 4. The molecule has 0 amide bonds. The summed E-state index contributed by atoms with van der Waals surface area (Å²) in [5.74, 6) is 0.909. The third kappa shape index (κ3) is 3.22. The van der Waals surface area contributed by atoms with Crippen molar-refractivity contribution in [1.82, 2.24) is 4.98 Å². The first-order valence-corrected chi connectivity index (χ1v) is 6.83. The van der Waals surface area contributed by atoms with Crippen LogP contribution in [0.4, 0.5) is 4.39 Å². The lowest BCUT2D eigenvalue weighted by molar-refractivity contribution is 0.00578. The van der Waals surface area contributed by atoms with Crippen LogP contribution in [-0.4, -0.2) is 29.1 Å². The monoisotopic (exact) mass is 291 g/mol. The van der Waals surface area contributed by atoms with E-state index in [9.17, 15) is 9.18 Å². The molecule has 0 aromatic carbocycles. The van der Waals surface area contributed by atoms with Gasteiger partial charge in [-0.2, -0.15) is 0 Å². The predicted molar refractivity (Wildman–Crippen MR) is 79.3 cm³/mol. The highest BCUT2D eigenvalue weighted by molar-refractivity contribution is 6.52. The summed E-state index contributed by atoms with van der Waals surface area (Å²) in [5.41, 5.74) is -0.218. The smallest absolute Gasteiger partial charge is 0.400 e. The molecule has 0 aliphatic carbocycles. The summed E-state index contributed by atoms with van der Waals surface area (Å²) in [5, 5.41) is 0. The van der Waals surface area contributed by atoms with Crippen LogP contribution in [0.15, 0.2) is 18.2 Å². The molecule has 0 saturated carbocycles. The summed E-state index contributed by atoms with van der Waals surface area (Å²) in [6.07, 6.45) is 2.70. The number of halogens is 1. The van der Waals surface area contributed by atoms with Crippen molar-refractivity contribution < 1.29 is 18.5 Å². The van der Waals surface area contributed by atoms with Crippen molar-refractivity contribution in [3.05, 3.63) is 35.3 Å². The van der Waals surface area contributed by atoms with E-state index in [4.69, 9.17) is 9.31 Å². The van der Waals surface area contributed by atoms with Crippen LogP contribution in [-0.2, 0) is 9.31 Å². The SMILES string of the molecule is CC(=O)c1cc(F)cnc1/C=C/B1OC(C)(C)C(C)(C)O1. The predicted octanol–water partition coefficient (Wildman–Crippen LogP) is 3.07. The van der Waals surface area contributed by atoms with Crippen LogP contribution in [0.5, 0.6) is 0 Å². The maximum Gasteiger partial charge on any atom is 0.487 e. The summed E-state index contributed by atoms with van der Waals surface area (Å²) in [6.45, 7) is 9.20. The number of Topliss-reactive ketones (excluding diaryl/α,β-unsaturated/α-hetero) is 1. The number of ketones is 1. The van der Waals surface area contributed by atoms with Gasteiger partial charge in [0.15, 0.2) is 5.78 Å². The van der Waals surface area contributed by atoms with Gasteiger partial charge in [-0.3, -0.25) is 9.78 Å². The van der Waals surface area contributed by atoms with Gasteiger partial charge >= 0.3 is 7.12 Å². The van der Waals surface area contributed by atoms with Crippen LogP contribution in [0, 0.1) is 5.82 Å². The molecule has 1 aliphatic rings. The fourth-order valence-corrected chi connectivity index (χ4v) is 2.00. The lowest BCUT2D eigenvalue weighted by Gasteiger charge is -2.32. The molecule has 4 nitrogen and oxygen atoms in total. The van der Waals surface area contributed by atoms with E-state index in [-0.39, 0.29) is 11.3 Å². The van der Waals surface area contributed by atoms with Gasteiger partial charge in [-0.05, 0) is 46.8 Å². The zero-order valence-electron chi connectivity index (χ0n) is 12.9. The van der Waals surface area contributed by atoms with Gasteiger partial charge < -0.3 is 9.31 Å². The van der Waals surface area contributed by atoms with E-state index in [0.717, 1.165) is 6.20 Å². The average Bonchev–Trinajstić information content (AvgIpc) is 2.56. The maximum atomic E-state index is 13.2. The Balaban J connectivity index is 2.22. The molecule has 112 valence electrons. The van der Waals surface area contributed by atoms with Crippen LogP contribution < -0.4 is 0 Å². The van der Waals surface area contributed by atoms with Crippen LogP contribution in [0.3, 0.4) is 0 Å². The lowest BCUT2D eigenvalue weighted by Crippen LogP contribution is -2.41. The van der Waals surface area contributed by atoms with E-state index in [1.54, 1.807) is 12.1 Å². The topological polar surface area (TPSA) is 48.4 Å². The van der Waals surface area contributed by atoms with E-state index < -0.39 is 24.1 Å². The molecule has 1 fully saturated rings. The summed E-state index contributed by atoms with van der Waals surface area (Å²) in [4.78, 5) is 15.5. The fraction of sp³-hybridized carbons (Fsp3) is 0.467. The van der Waals surface area contributed by atoms with Crippen molar-refractivity contribution in [3.63, 3.8) is 0 Å². The van der Waals surface area contributed by atoms with Crippen molar-refractivity contribution >= 4 is 19.0 Å². The second-order valence-electron chi connectivity index (χ2n) is 6.13. The summed E-state index contributed by atoms with van der Waals surface area (Å²) >= 11 is 0. The molecule has 6 heteroatoms. The number of aromatic nitrogens is 1. The molecule has 2 heterocycles. The largest absolute Gasteiger partial charge is 0.487 e. The zero-order chi connectivity index (χ0) is 15.8. The summed E-state index contributed by atoms with van der Waals surface area (Å²) < 4.78 is 24.8. The zero-order valence-corrected chi connectivity index (χ0v) is 12.9. The Labute approximate surface area is 124 Å². The number of pyridine rings is 1. The number of hydrogen-bond donors (Lipinski definition) is 0. The van der Waals surface area contributed by atoms with Crippen molar-refractivity contribution in [2.45, 2.75) is 45.8 Å². The summed E-state index contributed by atoms with van der Waals surface area (Å²) in [7, 11) is -0.526. The van der Waals surface area contributed by atoms with Crippen LogP contribution in [0.1, 0.15) is 50.7 Å². The quantitative estimate of drug-likeness (QED) is 0.634. The molecule has 1 saturated heterocycles. The highest BCUT2D eigenvalue weighted by Crippen LogP contribution is 2.37. The van der Waals surface area contributed by atoms with Gasteiger partial charge in [0.25, 0.3) is 0 Å². The second-order valence-corrected chi connectivity index (χ2v) is 6.13. The summed E-state index contributed by atoms with van der Waals surface area (Å²) in [6, 6.07) is 1.18. The van der Waals surface area contributed by atoms with E-state index in [1.165, 1.54) is 13.0 Å². The minimum Gasteiger partial charge on any atom is -0.400 e. The minimum atomic E-state index is -0.534. The van der Waals surface area contributed by atoms with Gasteiger partial charge in [-0.15, -0.1) is 0 Å². The third-order valence-corrected chi connectivity index (χ3v) is 3.95. The van der Waals surface area contributed by atoms with Gasteiger partial charge in [-0.25, -0.2) is 4.39 Å². The molecule has 0 atom stereocenters. The number of carbonyl (C=O) groups is 1. The molecule has 1 aliphatic heterocycles. The van der Waals surface area contributed by atoms with Crippen molar-refractivity contribution in [2.24, 2.45) is 0 Å². The molecule has 2 rings (SSSR count). The van der Waals surface area contributed by atoms with E-state index in [2.05, 4.69) is 4.98 Å². The van der Waals surface area contributed by atoms with Crippen molar-refractivity contribution in [2.75, 3.05) is 0 Å². The van der Waals surface area contributed by atoms with Crippen molar-refractivity contribution in [3.8, 4) is 0 Å². The number of nitrogens with zero attached hydrogens (tertiary/aromatic N) is 1. The molecule has 21 heavy (non-hydrogen) atoms. The standard InChI is InChI=1S/C15H19BFNO3/c1-10(19)12-8-11(17)9-18-13(12)6-7-16-20-14(2,3)15(4,5)21-16/h6-9H,1-5H3/b7-6+. The third-order valence-electron chi connectivity index (χ3n) is 3.95. The second kappa shape index (κ2) is 5.35. The van der Waals surface area contributed by atoms with Gasteiger partial charge in [0.2, 0.25) is 0 Å². The molecule has 0 N–H and O–H groups in total. The molecular formula is C15H19BFNO3. The molecule has 0 bridgehead atoms. The Morgan fingerprint density at radius 1 is 1.29 bits per heavy atom. The van der Waals surface area contributed by atoms with Gasteiger partial charge in [0, 0.05) is 5.56 Å². The molecule has 0 radical (unpaired) electrons. The lowest BCUT2D eigenvalue weighted by atomic mass is 9.89. The van der Waals surface area contributed by atoms with E-state index in [0.29, 0.717) is 5.69 Å². The van der Waals surface area contributed by atoms with Gasteiger partial charge in [0.05, 0.1) is 23.1 Å². The molecular weight excluding hydrogens is 272 g/mol. The van der Waals surface area contributed by atoms with Crippen LogP contribution in [0.2, 0.25) is 0 Å². The fourth-order valence-electron chi connectivity index (χ4n) is 2.00. The van der Waals surface area contributed by atoms with Crippen molar-refractivity contribution in [1.29, 1.82) is 0 Å². The Bertz CT molecular complexity index is 583. The highest BCUT2D eigenvalue weighted by atomic mass is 19.1. The first kappa shape index (κ1) is 15.9. The minimum absolute atomic E-state index is 0.239. The van der Waals surface area contributed by atoms with E-state index in [1.807, 2.05) is 27.7 Å². The molecule has 0 unspecified atom stereocenters. The van der Waals surface area contributed by atoms with Crippen LogP contribution >= 0.6 is 0 Å². The molecule has 1 aromatic heterocycles.